The van der Waals surface area contributed by atoms with Gasteiger partial charge in [-0.25, -0.2) is 4.68 Å². The van der Waals surface area contributed by atoms with Gasteiger partial charge in [0.1, 0.15) is 12.2 Å². The molecule has 1 aromatic heterocycles. The van der Waals surface area contributed by atoms with Gasteiger partial charge in [-0.1, -0.05) is 36.4 Å². The summed E-state index contributed by atoms with van der Waals surface area (Å²) in [5.41, 5.74) is 2.22. The predicted octanol–water partition coefficient (Wildman–Crippen LogP) is 2.08. The zero-order chi connectivity index (χ0) is 19.5. The molecular weight excluding hydrogens is 356 g/mol. The summed E-state index contributed by atoms with van der Waals surface area (Å²) in [7, 11) is 0. The molecule has 0 radical (unpaired) electrons. The molecule has 0 bridgehead atoms. The van der Waals surface area contributed by atoms with Gasteiger partial charge in [0.25, 0.3) is 11.5 Å². The van der Waals surface area contributed by atoms with Crippen LogP contribution < -0.4 is 15.8 Å². The second-order valence-corrected chi connectivity index (χ2v) is 6.46. The number of amides is 2. The number of hydrogen-bond acceptors (Lipinski definition) is 4. The summed E-state index contributed by atoms with van der Waals surface area (Å²) in [6, 6.07) is 19.2. The van der Waals surface area contributed by atoms with Crippen LogP contribution in [0.5, 0.6) is 0 Å². The zero-order valence-corrected chi connectivity index (χ0v) is 15.0. The Kier molecular flexibility index (Phi) is 4.72. The van der Waals surface area contributed by atoms with Crippen molar-refractivity contribution in [1.29, 1.82) is 0 Å². The summed E-state index contributed by atoms with van der Waals surface area (Å²) < 4.78 is 1.03. The van der Waals surface area contributed by atoms with Gasteiger partial charge in [-0.3, -0.25) is 14.4 Å². The molecule has 2 aromatic carbocycles. The Bertz CT molecular complexity index is 1090. The number of anilines is 2. The van der Waals surface area contributed by atoms with Crippen molar-refractivity contribution in [3.05, 3.63) is 88.3 Å². The lowest BCUT2D eigenvalue weighted by Crippen LogP contribution is -2.37. The highest BCUT2D eigenvalue weighted by Crippen LogP contribution is 2.27. The maximum atomic E-state index is 12.7. The van der Waals surface area contributed by atoms with E-state index in [-0.39, 0.29) is 18.1 Å². The second kappa shape index (κ2) is 7.48. The molecule has 2 heterocycles. The molecule has 7 nitrogen and oxygen atoms in total. The van der Waals surface area contributed by atoms with Crippen molar-refractivity contribution in [3.8, 4) is 0 Å². The molecule has 2 amide bonds. The summed E-state index contributed by atoms with van der Waals surface area (Å²) in [5.74, 6) is -0.681. The van der Waals surface area contributed by atoms with Crippen LogP contribution in [0.3, 0.4) is 0 Å². The molecule has 0 spiro atoms. The number of nitrogens with one attached hydrogen (secondary N) is 1. The smallest absolute Gasteiger partial charge is 0.276 e. The van der Waals surface area contributed by atoms with Gasteiger partial charge in [-0.15, -0.1) is 0 Å². The number of para-hydroxylation sites is 2. The summed E-state index contributed by atoms with van der Waals surface area (Å²) in [6.45, 7) is 0.348. The van der Waals surface area contributed by atoms with Crippen molar-refractivity contribution >= 4 is 23.2 Å². The molecule has 3 aromatic rings. The minimum atomic E-state index is -0.445. The molecule has 0 saturated carbocycles. The molecule has 0 fully saturated rings. The first-order chi connectivity index (χ1) is 13.6. The van der Waals surface area contributed by atoms with E-state index in [1.165, 1.54) is 12.1 Å². The summed E-state index contributed by atoms with van der Waals surface area (Å²) in [5, 5.41) is 6.79. The van der Waals surface area contributed by atoms with Crippen molar-refractivity contribution in [2.24, 2.45) is 0 Å². The van der Waals surface area contributed by atoms with Crippen LogP contribution in [-0.4, -0.2) is 28.1 Å². The molecule has 0 saturated heterocycles. The Morgan fingerprint density at radius 3 is 2.54 bits per heavy atom. The lowest BCUT2D eigenvalue weighted by molar-refractivity contribution is -0.119. The second-order valence-electron chi connectivity index (χ2n) is 6.46. The van der Waals surface area contributed by atoms with E-state index in [4.69, 9.17) is 0 Å². The Labute approximate surface area is 161 Å². The maximum absolute atomic E-state index is 12.7. The summed E-state index contributed by atoms with van der Waals surface area (Å²) in [6.07, 6.45) is 0.782. The molecular formula is C21H18N4O3. The molecule has 140 valence electrons. The minimum Gasteiger partial charge on any atom is -0.321 e. The lowest BCUT2D eigenvalue weighted by Gasteiger charge is -2.17. The van der Waals surface area contributed by atoms with Crippen LogP contribution in [0.25, 0.3) is 0 Å². The number of hydrogen-bond donors (Lipinski definition) is 1. The first-order valence-electron chi connectivity index (χ1n) is 8.95. The third-order valence-electron chi connectivity index (χ3n) is 4.60. The Hall–Kier alpha value is -3.74. The van der Waals surface area contributed by atoms with Gasteiger partial charge < -0.3 is 10.2 Å². The molecule has 7 heteroatoms. The first kappa shape index (κ1) is 17.7. The normalized spacial score (nSPS) is 12.5. The average Bonchev–Trinajstić information content (AvgIpc) is 3.14. The van der Waals surface area contributed by atoms with Crippen LogP contribution in [0.15, 0.2) is 71.5 Å². The van der Waals surface area contributed by atoms with E-state index in [1.54, 1.807) is 29.2 Å². The maximum Gasteiger partial charge on any atom is 0.276 e. The van der Waals surface area contributed by atoms with Crippen molar-refractivity contribution in [2.45, 2.75) is 13.0 Å². The number of benzene rings is 2. The SMILES string of the molecule is O=C(Nc1ccccc1)c1ccc(=O)n(CC(=O)N2CCc3ccccc32)n1. The van der Waals surface area contributed by atoms with Crippen molar-refractivity contribution in [1.82, 2.24) is 9.78 Å². The Balaban J connectivity index is 1.52. The average molecular weight is 374 g/mol. The number of aromatic nitrogens is 2. The quantitative estimate of drug-likeness (QED) is 0.758. The Morgan fingerprint density at radius 2 is 1.71 bits per heavy atom. The van der Waals surface area contributed by atoms with Gasteiger partial charge in [-0.2, -0.15) is 5.10 Å². The van der Waals surface area contributed by atoms with E-state index in [0.717, 1.165) is 22.4 Å². The monoisotopic (exact) mass is 374 g/mol. The van der Waals surface area contributed by atoms with Crippen molar-refractivity contribution in [3.63, 3.8) is 0 Å². The fraction of sp³-hybridized carbons (Fsp3) is 0.143. The van der Waals surface area contributed by atoms with Gasteiger partial charge in [0.05, 0.1) is 0 Å². The summed E-state index contributed by atoms with van der Waals surface area (Å²) >= 11 is 0. The zero-order valence-electron chi connectivity index (χ0n) is 15.0. The molecule has 1 N–H and O–H groups in total. The topological polar surface area (TPSA) is 84.3 Å². The number of rotatable bonds is 4. The fourth-order valence-corrected chi connectivity index (χ4v) is 3.21. The van der Waals surface area contributed by atoms with Crippen LogP contribution in [0.1, 0.15) is 16.1 Å². The fourth-order valence-electron chi connectivity index (χ4n) is 3.21. The first-order valence-corrected chi connectivity index (χ1v) is 8.95. The van der Waals surface area contributed by atoms with Gasteiger partial charge in [0.2, 0.25) is 5.91 Å². The molecule has 1 aliphatic heterocycles. The molecule has 4 rings (SSSR count). The highest BCUT2D eigenvalue weighted by molar-refractivity contribution is 6.02. The molecule has 0 unspecified atom stereocenters. The molecule has 0 aliphatic carbocycles. The van der Waals surface area contributed by atoms with Gasteiger partial charge in [-0.05, 0) is 36.2 Å². The number of carbonyl (C=O) groups is 2. The van der Waals surface area contributed by atoms with Crippen molar-refractivity contribution in [2.75, 3.05) is 16.8 Å². The Morgan fingerprint density at radius 1 is 0.964 bits per heavy atom. The molecule has 28 heavy (non-hydrogen) atoms. The highest BCUT2D eigenvalue weighted by Gasteiger charge is 2.24. The van der Waals surface area contributed by atoms with E-state index in [1.807, 2.05) is 30.3 Å². The number of fused-ring (bicyclic) bond motifs is 1. The van der Waals surface area contributed by atoms with E-state index < -0.39 is 11.5 Å². The predicted molar refractivity (Wildman–Crippen MR) is 105 cm³/mol. The van der Waals surface area contributed by atoms with E-state index in [2.05, 4.69) is 10.4 Å². The lowest BCUT2D eigenvalue weighted by atomic mass is 10.2. The minimum absolute atomic E-state index is 0.0677. The van der Waals surface area contributed by atoms with E-state index >= 15 is 0 Å². The summed E-state index contributed by atoms with van der Waals surface area (Å²) in [4.78, 5) is 38.9. The van der Waals surface area contributed by atoms with Gasteiger partial charge in [0.15, 0.2) is 0 Å². The van der Waals surface area contributed by atoms with Crippen LogP contribution in [-0.2, 0) is 17.8 Å². The third kappa shape index (κ3) is 3.55. The molecule has 0 atom stereocenters. The van der Waals surface area contributed by atoms with E-state index in [0.29, 0.717) is 12.2 Å². The molecule has 1 aliphatic rings. The standard InChI is InChI=1S/C21H18N4O3/c26-19-11-10-17(21(28)22-16-7-2-1-3-8-16)23-25(19)14-20(27)24-13-12-15-6-4-5-9-18(15)24/h1-11H,12-14H2,(H,22,28). The van der Waals surface area contributed by atoms with Gasteiger partial charge >= 0.3 is 0 Å². The van der Waals surface area contributed by atoms with Gasteiger partial charge in [0, 0.05) is 24.0 Å². The number of nitrogens with zero attached hydrogens (tertiary/aromatic N) is 3. The van der Waals surface area contributed by atoms with E-state index in [9.17, 15) is 14.4 Å². The number of carbonyl (C=O) groups excluding carboxylic acids is 2. The largest absolute Gasteiger partial charge is 0.321 e. The van der Waals surface area contributed by atoms with Crippen LogP contribution in [0, 0.1) is 0 Å². The van der Waals surface area contributed by atoms with Crippen molar-refractivity contribution < 1.29 is 9.59 Å². The highest BCUT2D eigenvalue weighted by atomic mass is 16.2. The van der Waals surface area contributed by atoms with Crippen LogP contribution in [0.4, 0.5) is 11.4 Å². The van der Waals surface area contributed by atoms with Crippen LogP contribution in [0.2, 0.25) is 0 Å². The van der Waals surface area contributed by atoms with Crippen LogP contribution >= 0.6 is 0 Å². The third-order valence-corrected chi connectivity index (χ3v) is 4.60.